The number of amides is 1. The number of nitrogens with two attached hydrogens (primary N) is 1. The van der Waals surface area contributed by atoms with Crippen molar-refractivity contribution >= 4 is 5.91 Å². The van der Waals surface area contributed by atoms with Crippen molar-refractivity contribution < 1.29 is 4.79 Å². The van der Waals surface area contributed by atoms with Crippen molar-refractivity contribution in [3.8, 4) is 0 Å². The molecule has 0 aromatic carbocycles. The SMILES string of the molecule is Cc1nn(C)c(C)c1CC(=O)NCCCN. The smallest absolute Gasteiger partial charge is 0.224 e. The maximum Gasteiger partial charge on any atom is 0.224 e. The van der Waals surface area contributed by atoms with Gasteiger partial charge in [0.25, 0.3) is 0 Å². The highest BCUT2D eigenvalue weighted by Gasteiger charge is 2.12. The molecule has 0 saturated heterocycles. The summed E-state index contributed by atoms with van der Waals surface area (Å²) < 4.78 is 1.80. The van der Waals surface area contributed by atoms with Crippen LogP contribution in [0.3, 0.4) is 0 Å². The topological polar surface area (TPSA) is 72.9 Å². The van der Waals surface area contributed by atoms with Gasteiger partial charge in [-0.3, -0.25) is 9.48 Å². The Kier molecular flexibility index (Phi) is 4.49. The molecule has 0 unspecified atom stereocenters. The van der Waals surface area contributed by atoms with Gasteiger partial charge < -0.3 is 11.1 Å². The lowest BCUT2D eigenvalue weighted by molar-refractivity contribution is -0.120. The Morgan fingerprint density at radius 1 is 1.50 bits per heavy atom. The monoisotopic (exact) mass is 224 g/mol. The summed E-state index contributed by atoms with van der Waals surface area (Å²) in [7, 11) is 1.89. The molecule has 3 N–H and O–H groups in total. The Morgan fingerprint density at radius 2 is 2.19 bits per heavy atom. The molecule has 90 valence electrons. The highest BCUT2D eigenvalue weighted by molar-refractivity contribution is 5.79. The average Bonchev–Trinajstić information content (AvgIpc) is 2.46. The number of nitrogens with one attached hydrogen (secondary N) is 1. The fourth-order valence-electron chi connectivity index (χ4n) is 1.63. The summed E-state index contributed by atoms with van der Waals surface area (Å²) in [6, 6.07) is 0. The Bertz CT molecular complexity index is 370. The van der Waals surface area contributed by atoms with E-state index in [0.717, 1.165) is 23.4 Å². The summed E-state index contributed by atoms with van der Waals surface area (Å²) >= 11 is 0. The summed E-state index contributed by atoms with van der Waals surface area (Å²) in [6.45, 7) is 5.15. The molecule has 0 saturated carbocycles. The van der Waals surface area contributed by atoms with Crippen molar-refractivity contribution in [3.05, 3.63) is 17.0 Å². The first-order valence-electron chi connectivity index (χ1n) is 5.52. The number of aryl methyl sites for hydroxylation is 2. The minimum absolute atomic E-state index is 0.0349. The van der Waals surface area contributed by atoms with E-state index in [1.54, 1.807) is 4.68 Å². The maximum absolute atomic E-state index is 11.6. The van der Waals surface area contributed by atoms with Gasteiger partial charge >= 0.3 is 0 Å². The predicted molar refractivity (Wildman–Crippen MR) is 63.1 cm³/mol. The van der Waals surface area contributed by atoms with Gasteiger partial charge in [-0.2, -0.15) is 5.10 Å². The minimum atomic E-state index is 0.0349. The molecule has 0 aliphatic heterocycles. The van der Waals surface area contributed by atoms with Gasteiger partial charge in [-0.1, -0.05) is 0 Å². The van der Waals surface area contributed by atoms with Crippen LogP contribution in [0.1, 0.15) is 23.4 Å². The first-order chi connectivity index (χ1) is 7.56. The number of hydrogen-bond donors (Lipinski definition) is 2. The fourth-order valence-corrected chi connectivity index (χ4v) is 1.63. The van der Waals surface area contributed by atoms with E-state index in [-0.39, 0.29) is 5.91 Å². The fraction of sp³-hybridized carbons (Fsp3) is 0.636. The average molecular weight is 224 g/mol. The van der Waals surface area contributed by atoms with Crippen molar-refractivity contribution in [1.29, 1.82) is 0 Å². The molecule has 0 atom stereocenters. The molecule has 1 aromatic rings. The number of nitrogens with zero attached hydrogens (tertiary/aromatic N) is 2. The molecule has 0 aliphatic rings. The normalized spacial score (nSPS) is 10.5. The number of rotatable bonds is 5. The van der Waals surface area contributed by atoms with Crippen LogP contribution in [0.25, 0.3) is 0 Å². The van der Waals surface area contributed by atoms with Crippen LogP contribution >= 0.6 is 0 Å². The first-order valence-corrected chi connectivity index (χ1v) is 5.52. The van der Waals surface area contributed by atoms with Crippen molar-refractivity contribution in [2.45, 2.75) is 26.7 Å². The second-order valence-corrected chi connectivity index (χ2v) is 3.94. The van der Waals surface area contributed by atoms with Crippen molar-refractivity contribution in [1.82, 2.24) is 15.1 Å². The van der Waals surface area contributed by atoms with Gasteiger partial charge in [0, 0.05) is 24.8 Å². The Balaban J connectivity index is 2.56. The molecule has 5 heteroatoms. The first kappa shape index (κ1) is 12.7. The summed E-state index contributed by atoms with van der Waals surface area (Å²) in [6.07, 6.45) is 1.22. The third-order valence-electron chi connectivity index (χ3n) is 2.70. The van der Waals surface area contributed by atoms with Crippen LogP contribution in [-0.4, -0.2) is 28.8 Å². The molecule has 0 spiro atoms. The Hall–Kier alpha value is -1.36. The molecule has 0 fully saturated rings. The van der Waals surface area contributed by atoms with Crippen molar-refractivity contribution in [2.24, 2.45) is 12.8 Å². The van der Waals surface area contributed by atoms with Gasteiger partial charge in [-0.15, -0.1) is 0 Å². The zero-order valence-corrected chi connectivity index (χ0v) is 10.2. The van der Waals surface area contributed by atoms with E-state index < -0.39 is 0 Å². The Labute approximate surface area is 96.0 Å². The molecular formula is C11H20N4O. The number of aromatic nitrogens is 2. The second kappa shape index (κ2) is 5.65. The lowest BCUT2D eigenvalue weighted by atomic mass is 10.1. The standard InChI is InChI=1S/C11H20N4O/c1-8-10(9(2)15(3)14-8)7-11(16)13-6-4-5-12/h4-7,12H2,1-3H3,(H,13,16). The Morgan fingerprint density at radius 3 is 2.69 bits per heavy atom. The molecule has 1 amide bonds. The van der Waals surface area contributed by atoms with E-state index in [1.807, 2.05) is 20.9 Å². The predicted octanol–water partition coefficient (Wildman–Crippen LogP) is 0.0444. The molecule has 1 aromatic heterocycles. The second-order valence-electron chi connectivity index (χ2n) is 3.94. The zero-order valence-electron chi connectivity index (χ0n) is 10.2. The lowest BCUT2D eigenvalue weighted by Gasteiger charge is -2.04. The largest absolute Gasteiger partial charge is 0.356 e. The summed E-state index contributed by atoms with van der Waals surface area (Å²) in [4.78, 5) is 11.6. The molecule has 5 nitrogen and oxygen atoms in total. The van der Waals surface area contributed by atoms with E-state index in [4.69, 9.17) is 5.73 Å². The highest BCUT2D eigenvalue weighted by atomic mass is 16.1. The molecule has 0 aliphatic carbocycles. The van der Waals surface area contributed by atoms with Crippen LogP contribution in [0.15, 0.2) is 0 Å². The van der Waals surface area contributed by atoms with Crippen LogP contribution in [-0.2, 0) is 18.3 Å². The van der Waals surface area contributed by atoms with Gasteiger partial charge in [0.15, 0.2) is 0 Å². The van der Waals surface area contributed by atoms with Gasteiger partial charge in [0.1, 0.15) is 0 Å². The summed E-state index contributed by atoms with van der Waals surface area (Å²) in [5, 5.41) is 7.12. The summed E-state index contributed by atoms with van der Waals surface area (Å²) in [5.74, 6) is 0.0349. The third-order valence-corrected chi connectivity index (χ3v) is 2.70. The van der Waals surface area contributed by atoms with E-state index in [0.29, 0.717) is 19.5 Å². The van der Waals surface area contributed by atoms with E-state index >= 15 is 0 Å². The van der Waals surface area contributed by atoms with Crippen LogP contribution in [0, 0.1) is 13.8 Å². The van der Waals surface area contributed by atoms with Gasteiger partial charge in [0.2, 0.25) is 5.91 Å². The molecule has 1 heterocycles. The van der Waals surface area contributed by atoms with Gasteiger partial charge in [0.05, 0.1) is 12.1 Å². The van der Waals surface area contributed by atoms with E-state index in [1.165, 1.54) is 0 Å². The minimum Gasteiger partial charge on any atom is -0.356 e. The molecule has 1 rings (SSSR count). The van der Waals surface area contributed by atoms with Crippen LogP contribution in [0.4, 0.5) is 0 Å². The molecule has 0 bridgehead atoms. The molecular weight excluding hydrogens is 204 g/mol. The number of carbonyl (C=O) groups excluding carboxylic acids is 1. The van der Waals surface area contributed by atoms with Gasteiger partial charge in [-0.05, 0) is 26.8 Å². The highest BCUT2D eigenvalue weighted by Crippen LogP contribution is 2.12. The number of hydrogen-bond acceptors (Lipinski definition) is 3. The van der Waals surface area contributed by atoms with Gasteiger partial charge in [-0.25, -0.2) is 0 Å². The zero-order chi connectivity index (χ0) is 12.1. The lowest BCUT2D eigenvalue weighted by Crippen LogP contribution is -2.27. The van der Waals surface area contributed by atoms with Crippen molar-refractivity contribution in [3.63, 3.8) is 0 Å². The maximum atomic E-state index is 11.6. The summed E-state index contributed by atoms with van der Waals surface area (Å²) in [5.41, 5.74) is 8.35. The molecule has 0 radical (unpaired) electrons. The van der Waals surface area contributed by atoms with Crippen LogP contribution in [0.2, 0.25) is 0 Å². The van der Waals surface area contributed by atoms with Crippen molar-refractivity contribution in [2.75, 3.05) is 13.1 Å². The number of carbonyl (C=O) groups is 1. The van der Waals surface area contributed by atoms with Crippen LogP contribution < -0.4 is 11.1 Å². The third kappa shape index (κ3) is 3.06. The molecule has 16 heavy (non-hydrogen) atoms. The van der Waals surface area contributed by atoms with E-state index in [9.17, 15) is 4.79 Å². The van der Waals surface area contributed by atoms with E-state index in [2.05, 4.69) is 10.4 Å². The van der Waals surface area contributed by atoms with Crippen LogP contribution in [0.5, 0.6) is 0 Å². The quantitative estimate of drug-likeness (QED) is 0.694.